The Morgan fingerprint density at radius 3 is 1.67 bits per heavy atom. The monoisotopic (exact) mass is 716 g/mol. The number of nitrogens with zero attached hydrogens (tertiary/aromatic N) is 1. The predicted molar refractivity (Wildman–Crippen MR) is 118 cm³/mol. The summed E-state index contributed by atoms with van der Waals surface area (Å²) in [6.07, 6.45) is -9.06. The molecule has 1 aliphatic rings. The number of amides is 3. The van der Waals surface area contributed by atoms with Crippen molar-refractivity contribution in [3.63, 3.8) is 0 Å². The topological polar surface area (TPSA) is 75.7 Å². The van der Waals surface area contributed by atoms with Crippen molar-refractivity contribution in [2.75, 3.05) is 19.7 Å². The van der Waals surface area contributed by atoms with Gasteiger partial charge in [-0.3, -0.25) is 14.5 Å². The molecule has 1 heterocycles. The Balaban J connectivity index is 2.74. The minimum absolute atomic E-state index is 0.00334. The second kappa shape index (κ2) is 14.1. The van der Waals surface area contributed by atoms with Crippen LogP contribution in [0, 0.1) is 0 Å². The van der Waals surface area contributed by atoms with Crippen molar-refractivity contribution in [2.45, 2.75) is 105 Å². The molecule has 0 spiro atoms. The van der Waals surface area contributed by atoms with E-state index in [2.05, 4.69) is 10.1 Å². The van der Waals surface area contributed by atoms with E-state index in [0.29, 0.717) is 12.8 Å². The van der Waals surface area contributed by atoms with Crippen LogP contribution in [0.2, 0.25) is 0 Å². The van der Waals surface area contributed by atoms with Crippen molar-refractivity contribution in [3.8, 4) is 0 Å². The van der Waals surface area contributed by atoms with Gasteiger partial charge in [0.1, 0.15) is 0 Å². The molecule has 46 heavy (non-hydrogen) atoms. The van der Waals surface area contributed by atoms with Crippen LogP contribution < -0.4 is 5.32 Å². The quantitative estimate of drug-likeness (QED) is 0.108. The number of halogens is 17. The normalized spacial score (nSPS) is 16.7. The third kappa shape index (κ3) is 7.84. The smallest absolute Gasteiger partial charge is 0.460 e. The van der Waals surface area contributed by atoms with Gasteiger partial charge in [0.2, 0.25) is 5.91 Å². The average molecular weight is 716 g/mol. The predicted octanol–water partition coefficient (Wildman–Crippen LogP) is 7.60. The minimum atomic E-state index is -8.71. The van der Waals surface area contributed by atoms with E-state index in [4.69, 9.17) is 0 Å². The number of likely N-dealkylation sites (tertiary alicyclic amines) is 1. The molecule has 0 radical (unpaired) electrons. The van der Waals surface area contributed by atoms with Crippen LogP contribution in [0.15, 0.2) is 0 Å². The molecule has 1 N–H and O–H groups in total. The number of imide groups is 1. The van der Waals surface area contributed by atoms with E-state index < -0.39 is 79.1 Å². The molecule has 0 saturated carbocycles. The van der Waals surface area contributed by atoms with E-state index in [9.17, 15) is 89.0 Å². The fourth-order valence-corrected chi connectivity index (χ4v) is 3.78. The number of esters is 1. The highest BCUT2D eigenvalue weighted by Crippen LogP contribution is 2.64. The molecule has 1 fully saturated rings. The largest absolute Gasteiger partial charge is 0.465 e. The number of carbonyl (C=O) groups excluding carboxylic acids is 3. The Labute approximate surface area is 247 Å². The van der Waals surface area contributed by atoms with E-state index in [1.54, 1.807) is 0 Å². The highest BCUT2D eigenvalue weighted by atomic mass is 19.4. The van der Waals surface area contributed by atoms with Gasteiger partial charge in [-0.25, -0.2) is 4.79 Å². The van der Waals surface area contributed by atoms with Gasteiger partial charge in [-0.15, -0.1) is 0 Å². The third-order valence-electron chi connectivity index (χ3n) is 6.62. The molecule has 23 heteroatoms. The molecule has 270 valence electrons. The number of nitrogens with one attached hydrogen (secondary N) is 1. The fourth-order valence-electron chi connectivity index (χ4n) is 3.78. The summed E-state index contributed by atoms with van der Waals surface area (Å²) in [6.45, 7) is -1.80. The number of rotatable bonds is 15. The molecule has 3 amide bonds. The van der Waals surface area contributed by atoms with Crippen LogP contribution in [0.3, 0.4) is 0 Å². The van der Waals surface area contributed by atoms with E-state index >= 15 is 0 Å². The lowest BCUT2D eigenvalue weighted by Crippen LogP contribution is -2.74. The zero-order chi connectivity index (χ0) is 36.2. The summed E-state index contributed by atoms with van der Waals surface area (Å²) in [6, 6.07) is -0.677. The molecule has 0 aromatic rings. The molecule has 1 saturated heterocycles. The zero-order valence-electron chi connectivity index (χ0n) is 23.0. The Morgan fingerprint density at radius 2 is 1.15 bits per heavy atom. The summed E-state index contributed by atoms with van der Waals surface area (Å²) in [5.41, 5.74) is 0. The zero-order valence-corrected chi connectivity index (χ0v) is 23.0. The van der Waals surface area contributed by atoms with Crippen molar-refractivity contribution >= 4 is 17.9 Å². The minimum Gasteiger partial charge on any atom is -0.465 e. The molecule has 6 nitrogen and oxygen atoms in total. The van der Waals surface area contributed by atoms with Crippen molar-refractivity contribution in [2.24, 2.45) is 0 Å². The van der Waals surface area contributed by atoms with Gasteiger partial charge in [0.05, 0.1) is 13.0 Å². The number of unbranched alkanes of at least 4 members (excludes halogenated alkanes) is 2. The molecule has 0 aliphatic carbocycles. The van der Waals surface area contributed by atoms with Crippen LogP contribution in [0.25, 0.3) is 0 Å². The molecular formula is C23H25F17N2O4. The van der Waals surface area contributed by atoms with Crippen LogP contribution in [-0.2, 0) is 14.3 Å². The molecular weight excluding hydrogens is 691 g/mol. The second-order valence-electron chi connectivity index (χ2n) is 10.0. The van der Waals surface area contributed by atoms with Gasteiger partial charge in [0.25, 0.3) is 0 Å². The summed E-state index contributed by atoms with van der Waals surface area (Å²) in [5.74, 6) is -58.9. The molecule has 1 aliphatic heterocycles. The Morgan fingerprint density at radius 1 is 0.652 bits per heavy atom. The number of ether oxygens (including phenoxy) is 1. The van der Waals surface area contributed by atoms with Crippen LogP contribution in [0.5, 0.6) is 0 Å². The maximum Gasteiger partial charge on any atom is 0.460 e. The molecule has 0 aromatic carbocycles. The van der Waals surface area contributed by atoms with E-state index in [0.717, 1.165) is 11.3 Å². The number of carbonyl (C=O) groups is 3. The number of hydrogen-bond donors (Lipinski definition) is 1. The number of urea groups is 1. The van der Waals surface area contributed by atoms with Crippen LogP contribution >= 0.6 is 0 Å². The van der Waals surface area contributed by atoms with Crippen molar-refractivity contribution in [3.05, 3.63) is 0 Å². The highest BCUT2D eigenvalue weighted by Gasteiger charge is 2.95. The standard InChI is InChI=1S/C23H25F17N2O4/c24-16(25,9-12-46-14(44)8-4-1-5-10-41-15(45)42-11-6-2-3-7-13(42)43)17(26,27)18(28,29)19(30,31)20(32,33)21(34,35)22(36,37)23(38,39)40/h1-12H2,(H,41,45). The van der Waals surface area contributed by atoms with Crippen LogP contribution in [-0.4, -0.2) is 90.1 Å². The molecule has 0 bridgehead atoms. The summed E-state index contributed by atoms with van der Waals surface area (Å²) < 4.78 is 230. The summed E-state index contributed by atoms with van der Waals surface area (Å²) >= 11 is 0. The average Bonchev–Trinajstić information content (AvgIpc) is 3.13. The van der Waals surface area contributed by atoms with Gasteiger partial charge < -0.3 is 10.1 Å². The number of alkyl halides is 17. The van der Waals surface area contributed by atoms with Crippen molar-refractivity contribution < 1.29 is 93.8 Å². The van der Waals surface area contributed by atoms with E-state index in [1.165, 1.54) is 0 Å². The first-order valence-electron chi connectivity index (χ1n) is 13.0. The first-order valence-corrected chi connectivity index (χ1v) is 13.0. The van der Waals surface area contributed by atoms with Gasteiger partial charge >= 0.3 is 59.6 Å². The summed E-state index contributed by atoms with van der Waals surface area (Å²) in [5, 5.41) is 2.42. The lowest BCUT2D eigenvalue weighted by atomic mass is 9.88. The highest BCUT2D eigenvalue weighted by molar-refractivity contribution is 5.94. The summed E-state index contributed by atoms with van der Waals surface area (Å²) in [4.78, 5) is 36.5. The van der Waals surface area contributed by atoms with Crippen LogP contribution in [0.1, 0.15) is 57.8 Å². The van der Waals surface area contributed by atoms with Gasteiger partial charge in [-0.05, 0) is 25.7 Å². The SMILES string of the molecule is O=C(CCCCCNC(=O)N1CCCCCC1=O)OCCC(F)(F)C(F)(F)C(F)(F)C(F)(F)C(F)(F)C(F)(F)C(F)(F)C(F)(F)F. The Kier molecular flexibility index (Phi) is 12.7. The van der Waals surface area contributed by atoms with Gasteiger partial charge in [0.15, 0.2) is 0 Å². The number of hydrogen-bond acceptors (Lipinski definition) is 4. The molecule has 0 aromatic heterocycles. The van der Waals surface area contributed by atoms with Gasteiger partial charge in [-0.2, -0.15) is 74.6 Å². The summed E-state index contributed by atoms with van der Waals surface area (Å²) in [7, 11) is 0. The molecule has 0 unspecified atom stereocenters. The van der Waals surface area contributed by atoms with Crippen LogP contribution in [0.4, 0.5) is 79.4 Å². The first-order chi connectivity index (χ1) is 20.5. The molecule has 0 atom stereocenters. The van der Waals surface area contributed by atoms with Crippen molar-refractivity contribution in [1.82, 2.24) is 10.2 Å². The Bertz CT molecular complexity index is 1080. The molecule has 1 rings (SSSR count). The lowest BCUT2D eigenvalue weighted by Gasteiger charge is -2.42. The Hall–Kier alpha value is -2.78. The van der Waals surface area contributed by atoms with Crippen molar-refractivity contribution in [1.29, 1.82) is 0 Å². The first kappa shape index (κ1) is 41.2. The second-order valence-corrected chi connectivity index (χ2v) is 10.0. The van der Waals surface area contributed by atoms with E-state index in [1.807, 2.05) is 0 Å². The lowest BCUT2D eigenvalue weighted by molar-refractivity contribution is -0.461. The maximum atomic E-state index is 13.8. The van der Waals surface area contributed by atoms with Gasteiger partial charge in [0, 0.05) is 25.9 Å². The van der Waals surface area contributed by atoms with Gasteiger partial charge in [-0.1, -0.05) is 12.8 Å². The fraction of sp³-hybridized carbons (Fsp3) is 0.870. The van der Waals surface area contributed by atoms with E-state index in [-0.39, 0.29) is 44.7 Å². The third-order valence-corrected chi connectivity index (χ3v) is 6.62. The maximum absolute atomic E-state index is 13.8.